The second-order valence-electron chi connectivity index (χ2n) is 6.96. The monoisotopic (exact) mass is 361 g/mol. The minimum atomic E-state index is -0.0187. The molecule has 1 aromatic carbocycles. The number of aryl methyl sites for hydroxylation is 2. The predicted molar refractivity (Wildman–Crippen MR) is 103 cm³/mol. The summed E-state index contributed by atoms with van der Waals surface area (Å²) in [6, 6.07) is 6.41. The molecule has 0 heterocycles. The Balaban J connectivity index is 1.79. The molecule has 2 amide bonds. The lowest BCUT2D eigenvalue weighted by Crippen LogP contribution is -2.38. The Labute approximate surface area is 156 Å². The second-order valence-corrected chi connectivity index (χ2v) is 6.96. The van der Waals surface area contributed by atoms with Gasteiger partial charge in [-0.05, 0) is 44.2 Å². The molecule has 0 bridgehead atoms. The van der Waals surface area contributed by atoms with E-state index in [9.17, 15) is 9.59 Å². The molecule has 2 N–H and O–H groups in total. The minimum absolute atomic E-state index is 0.0187. The van der Waals surface area contributed by atoms with Gasteiger partial charge >= 0.3 is 0 Å². The molecule has 26 heavy (non-hydrogen) atoms. The average Bonchev–Trinajstić information content (AvgIpc) is 3.44. The van der Waals surface area contributed by atoms with Crippen LogP contribution in [0.15, 0.2) is 18.2 Å². The molecular weight excluding hydrogens is 330 g/mol. The standard InChI is InChI=1S/C20H31N3O3/c1-15-6-4-7-16(2)20(15)22-19(25)14-23(17-8-9-17)12-10-18(24)21-11-5-13-26-3/h4,6-7,17H,5,8-14H2,1-3H3,(H,21,24)(H,22,25). The number of methoxy groups -OCH3 is 1. The van der Waals surface area contributed by atoms with Crippen molar-refractivity contribution in [3.05, 3.63) is 29.3 Å². The van der Waals surface area contributed by atoms with Gasteiger partial charge in [-0.3, -0.25) is 14.5 Å². The van der Waals surface area contributed by atoms with E-state index in [4.69, 9.17) is 4.74 Å². The predicted octanol–water partition coefficient (Wildman–Crippen LogP) is 2.25. The van der Waals surface area contributed by atoms with Crippen molar-refractivity contribution in [2.24, 2.45) is 0 Å². The summed E-state index contributed by atoms with van der Waals surface area (Å²) in [5.41, 5.74) is 3.02. The largest absolute Gasteiger partial charge is 0.385 e. The van der Waals surface area contributed by atoms with Crippen LogP contribution >= 0.6 is 0 Å². The summed E-state index contributed by atoms with van der Waals surface area (Å²) in [5.74, 6) is 0.0108. The summed E-state index contributed by atoms with van der Waals surface area (Å²) >= 11 is 0. The molecule has 0 saturated heterocycles. The van der Waals surface area contributed by atoms with Crippen LogP contribution in [-0.2, 0) is 14.3 Å². The van der Waals surface area contributed by atoms with Crippen molar-refractivity contribution in [3.8, 4) is 0 Å². The zero-order valence-corrected chi connectivity index (χ0v) is 16.1. The van der Waals surface area contributed by atoms with Crippen molar-refractivity contribution >= 4 is 17.5 Å². The molecule has 1 aliphatic carbocycles. The molecule has 1 saturated carbocycles. The van der Waals surface area contributed by atoms with Gasteiger partial charge in [-0.1, -0.05) is 18.2 Å². The number of anilines is 1. The van der Waals surface area contributed by atoms with Gasteiger partial charge in [0.2, 0.25) is 11.8 Å². The number of nitrogens with zero attached hydrogens (tertiary/aromatic N) is 1. The maximum absolute atomic E-state index is 12.5. The first kappa shape index (κ1) is 20.4. The first-order valence-corrected chi connectivity index (χ1v) is 9.37. The molecule has 0 unspecified atom stereocenters. The number of para-hydroxylation sites is 1. The summed E-state index contributed by atoms with van der Waals surface area (Å²) in [6.45, 7) is 6.21. The molecule has 0 aromatic heterocycles. The summed E-state index contributed by atoms with van der Waals surface area (Å²) in [6.07, 6.45) is 3.44. The van der Waals surface area contributed by atoms with Crippen LogP contribution in [0.5, 0.6) is 0 Å². The van der Waals surface area contributed by atoms with Gasteiger partial charge in [0.25, 0.3) is 0 Å². The van der Waals surface area contributed by atoms with E-state index in [2.05, 4.69) is 15.5 Å². The van der Waals surface area contributed by atoms with Crippen molar-refractivity contribution in [1.29, 1.82) is 0 Å². The number of amides is 2. The van der Waals surface area contributed by atoms with Crippen LogP contribution in [0, 0.1) is 13.8 Å². The van der Waals surface area contributed by atoms with Crippen LogP contribution in [-0.4, -0.2) is 56.1 Å². The number of rotatable bonds is 11. The third kappa shape index (κ3) is 6.77. The molecule has 0 spiro atoms. The Morgan fingerprint density at radius 1 is 1.19 bits per heavy atom. The van der Waals surface area contributed by atoms with Crippen molar-refractivity contribution in [2.45, 2.75) is 45.6 Å². The fraction of sp³-hybridized carbons (Fsp3) is 0.600. The quantitative estimate of drug-likeness (QED) is 0.593. The Kier molecular flexibility index (Phi) is 8.06. The molecule has 0 aliphatic heterocycles. The Morgan fingerprint density at radius 2 is 1.88 bits per heavy atom. The third-order valence-corrected chi connectivity index (χ3v) is 4.63. The van der Waals surface area contributed by atoms with E-state index in [1.54, 1.807) is 7.11 Å². The van der Waals surface area contributed by atoms with Crippen LogP contribution in [0.3, 0.4) is 0 Å². The first-order valence-electron chi connectivity index (χ1n) is 9.37. The van der Waals surface area contributed by atoms with E-state index in [0.717, 1.165) is 36.1 Å². The summed E-state index contributed by atoms with van der Waals surface area (Å²) in [7, 11) is 1.65. The van der Waals surface area contributed by atoms with Crippen LogP contribution in [0.4, 0.5) is 5.69 Å². The lowest BCUT2D eigenvalue weighted by molar-refractivity contribution is -0.122. The van der Waals surface area contributed by atoms with E-state index >= 15 is 0 Å². The van der Waals surface area contributed by atoms with E-state index in [-0.39, 0.29) is 11.8 Å². The molecule has 1 aromatic rings. The highest BCUT2D eigenvalue weighted by atomic mass is 16.5. The Morgan fingerprint density at radius 3 is 2.50 bits per heavy atom. The molecule has 144 valence electrons. The zero-order chi connectivity index (χ0) is 18.9. The lowest BCUT2D eigenvalue weighted by atomic mass is 10.1. The number of carbonyl (C=O) groups excluding carboxylic acids is 2. The number of ether oxygens (including phenoxy) is 1. The van der Waals surface area contributed by atoms with Crippen LogP contribution in [0.2, 0.25) is 0 Å². The van der Waals surface area contributed by atoms with E-state index in [0.29, 0.717) is 38.7 Å². The van der Waals surface area contributed by atoms with Gasteiger partial charge in [-0.25, -0.2) is 0 Å². The van der Waals surface area contributed by atoms with Crippen molar-refractivity contribution in [1.82, 2.24) is 10.2 Å². The van der Waals surface area contributed by atoms with Gasteiger partial charge in [0.15, 0.2) is 0 Å². The smallest absolute Gasteiger partial charge is 0.238 e. The third-order valence-electron chi connectivity index (χ3n) is 4.63. The average molecular weight is 361 g/mol. The molecule has 0 radical (unpaired) electrons. The van der Waals surface area contributed by atoms with E-state index < -0.39 is 0 Å². The van der Waals surface area contributed by atoms with E-state index in [1.807, 2.05) is 32.0 Å². The SMILES string of the molecule is COCCCNC(=O)CCN(CC(=O)Nc1c(C)cccc1C)C1CC1. The molecule has 6 heteroatoms. The maximum atomic E-state index is 12.5. The van der Waals surface area contributed by atoms with Crippen molar-refractivity contribution in [3.63, 3.8) is 0 Å². The molecule has 1 aliphatic rings. The fourth-order valence-corrected chi connectivity index (χ4v) is 2.98. The summed E-state index contributed by atoms with van der Waals surface area (Å²) in [4.78, 5) is 26.5. The van der Waals surface area contributed by atoms with Crippen molar-refractivity contribution in [2.75, 3.05) is 38.7 Å². The number of hydrogen-bond donors (Lipinski definition) is 2. The number of carbonyl (C=O) groups is 2. The van der Waals surface area contributed by atoms with Crippen LogP contribution in [0.1, 0.15) is 36.8 Å². The summed E-state index contributed by atoms with van der Waals surface area (Å²) < 4.78 is 4.97. The molecule has 1 fully saturated rings. The van der Waals surface area contributed by atoms with Gasteiger partial charge in [-0.2, -0.15) is 0 Å². The second kappa shape index (κ2) is 10.3. The fourth-order valence-electron chi connectivity index (χ4n) is 2.98. The van der Waals surface area contributed by atoms with Gasteiger partial charge in [0, 0.05) is 45.0 Å². The number of hydrogen-bond acceptors (Lipinski definition) is 4. The maximum Gasteiger partial charge on any atom is 0.238 e. The van der Waals surface area contributed by atoms with E-state index in [1.165, 1.54) is 0 Å². The Hall–Kier alpha value is -1.92. The zero-order valence-electron chi connectivity index (χ0n) is 16.1. The lowest BCUT2D eigenvalue weighted by Gasteiger charge is -2.22. The first-order chi connectivity index (χ1) is 12.5. The molecule has 6 nitrogen and oxygen atoms in total. The van der Waals surface area contributed by atoms with Gasteiger partial charge < -0.3 is 15.4 Å². The van der Waals surface area contributed by atoms with Gasteiger partial charge in [-0.15, -0.1) is 0 Å². The van der Waals surface area contributed by atoms with Crippen molar-refractivity contribution < 1.29 is 14.3 Å². The van der Waals surface area contributed by atoms with Gasteiger partial charge in [0.1, 0.15) is 0 Å². The highest BCUT2D eigenvalue weighted by Crippen LogP contribution is 2.27. The Bertz CT molecular complexity index is 594. The van der Waals surface area contributed by atoms with Crippen LogP contribution in [0.25, 0.3) is 0 Å². The molecular formula is C20H31N3O3. The van der Waals surface area contributed by atoms with Gasteiger partial charge in [0.05, 0.1) is 6.54 Å². The topological polar surface area (TPSA) is 70.7 Å². The summed E-state index contributed by atoms with van der Waals surface area (Å²) in [5, 5.41) is 5.93. The highest BCUT2D eigenvalue weighted by molar-refractivity contribution is 5.93. The molecule has 2 rings (SSSR count). The normalized spacial score (nSPS) is 13.7. The minimum Gasteiger partial charge on any atom is -0.385 e. The molecule has 0 atom stereocenters. The van der Waals surface area contributed by atoms with Crippen LogP contribution < -0.4 is 10.6 Å². The number of benzene rings is 1. The highest BCUT2D eigenvalue weighted by Gasteiger charge is 2.30. The number of nitrogens with one attached hydrogen (secondary N) is 2.